The number of sulfonamides is 1. The fourth-order valence-electron chi connectivity index (χ4n) is 5.15. The second-order valence-electron chi connectivity index (χ2n) is 10.5. The van der Waals surface area contributed by atoms with Crippen LogP contribution in [0.2, 0.25) is 15.1 Å². The lowest BCUT2D eigenvalue weighted by atomic mass is 10.1. The molecule has 3 aromatic carbocycles. The van der Waals surface area contributed by atoms with Crippen molar-refractivity contribution in [1.29, 1.82) is 0 Å². The summed E-state index contributed by atoms with van der Waals surface area (Å²) in [5.41, 5.74) is 1.65. The van der Waals surface area contributed by atoms with Crippen LogP contribution in [-0.4, -0.2) is 43.8 Å². The summed E-state index contributed by atoms with van der Waals surface area (Å²) in [6, 6.07) is 17.0. The SMILES string of the molecule is CC[C@@H](C(=O)NC1CCCC1)N(Cc1ccccc1Cl)C(=O)CN(c1cc(Cl)cc(Cl)c1)S(=O)(=O)c1ccc(C)cc1. The van der Waals surface area contributed by atoms with Crippen molar-refractivity contribution >= 4 is 62.3 Å². The van der Waals surface area contributed by atoms with Crippen LogP contribution in [0.1, 0.15) is 50.2 Å². The van der Waals surface area contributed by atoms with Gasteiger partial charge in [0.15, 0.2) is 0 Å². The quantitative estimate of drug-likeness (QED) is 0.242. The summed E-state index contributed by atoms with van der Waals surface area (Å²) in [5.74, 6) is -0.848. The zero-order valence-corrected chi connectivity index (χ0v) is 26.6. The largest absolute Gasteiger partial charge is 0.352 e. The maximum Gasteiger partial charge on any atom is 0.264 e. The molecule has 224 valence electrons. The number of hydrogen-bond acceptors (Lipinski definition) is 4. The molecule has 0 heterocycles. The number of anilines is 1. The van der Waals surface area contributed by atoms with Crippen molar-refractivity contribution < 1.29 is 18.0 Å². The van der Waals surface area contributed by atoms with Crippen molar-refractivity contribution in [3.05, 3.63) is 92.9 Å². The Morgan fingerprint density at radius 3 is 2.17 bits per heavy atom. The maximum absolute atomic E-state index is 14.2. The number of nitrogens with one attached hydrogen (secondary N) is 1. The van der Waals surface area contributed by atoms with Gasteiger partial charge in [-0.3, -0.25) is 13.9 Å². The van der Waals surface area contributed by atoms with Crippen molar-refractivity contribution in [1.82, 2.24) is 10.2 Å². The lowest BCUT2D eigenvalue weighted by Crippen LogP contribution is -2.53. The van der Waals surface area contributed by atoms with Gasteiger partial charge in [0.25, 0.3) is 10.0 Å². The van der Waals surface area contributed by atoms with Crippen molar-refractivity contribution in [3.8, 4) is 0 Å². The minimum absolute atomic E-state index is 0.000620. The van der Waals surface area contributed by atoms with Crippen LogP contribution in [0.25, 0.3) is 0 Å². The van der Waals surface area contributed by atoms with Crippen LogP contribution in [0, 0.1) is 6.92 Å². The van der Waals surface area contributed by atoms with E-state index in [-0.39, 0.29) is 39.1 Å². The molecule has 0 aromatic heterocycles. The van der Waals surface area contributed by atoms with Gasteiger partial charge < -0.3 is 10.2 Å². The summed E-state index contributed by atoms with van der Waals surface area (Å²) < 4.78 is 29.0. The van der Waals surface area contributed by atoms with Gasteiger partial charge in [-0.2, -0.15) is 0 Å². The van der Waals surface area contributed by atoms with Crippen LogP contribution < -0.4 is 9.62 Å². The van der Waals surface area contributed by atoms with E-state index in [2.05, 4.69) is 5.32 Å². The molecule has 0 unspecified atom stereocenters. The third-order valence-corrected chi connectivity index (χ3v) is 10.0. The fourth-order valence-corrected chi connectivity index (χ4v) is 7.25. The van der Waals surface area contributed by atoms with Crippen LogP contribution in [0.5, 0.6) is 0 Å². The number of nitrogens with zero attached hydrogens (tertiary/aromatic N) is 2. The Labute approximate surface area is 262 Å². The molecular weight excluding hydrogens is 617 g/mol. The molecule has 1 saturated carbocycles. The molecule has 0 saturated heterocycles. The van der Waals surface area contributed by atoms with Gasteiger partial charge in [-0.25, -0.2) is 8.42 Å². The summed E-state index contributed by atoms with van der Waals surface area (Å²) in [5, 5.41) is 3.96. The van der Waals surface area contributed by atoms with E-state index in [1.165, 1.54) is 35.2 Å². The Bertz CT molecular complexity index is 1510. The minimum atomic E-state index is -4.24. The third-order valence-electron chi connectivity index (χ3n) is 7.41. The number of aryl methyl sites for hydroxylation is 1. The highest BCUT2D eigenvalue weighted by Gasteiger charge is 2.35. The molecule has 0 radical (unpaired) electrons. The van der Waals surface area contributed by atoms with Gasteiger partial charge in [0.1, 0.15) is 12.6 Å². The van der Waals surface area contributed by atoms with Crippen LogP contribution in [0.3, 0.4) is 0 Å². The lowest BCUT2D eigenvalue weighted by molar-refractivity contribution is -0.140. The lowest BCUT2D eigenvalue weighted by Gasteiger charge is -2.34. The molecule has 3 aromatic rings. The number of benzene rings is 3. The van der Waals surface area contributed by atoms with E-state index in [0.717, 1.165) is 35.6 Å². The van der Waals surface area contributed by atoms with Gasteiger partial charge in [-0.15, -0.1) is 0 Å². The van der Waals surface area contributed by atoms with Gasteiger partial charge in [0.05, 0.1) is 10.6 Å². The molecule has 1 aliphatic rings. The van der Waals surface area contributed by atoms with Gasteiger partial charge in [-0.1, -0.05) is 90.5 Å². The second kappa shape index (κ2) is 14.1. The smallest absolute Gasteiger partial charge is 0.264 e. The van der Waals surface area contributed by atoms with Gasteiger partial charge in [0.2, 0.25) is 11.8 Å². The van der Waals surface area contributed by atoms with E-state index >= 15 is 0 Å². The van der Waals surface area contributed by atoms with Crippen LogP contribution >= 0.6 is 34.8 Å². The molecule has 42 heavy (non-hydrogen) atoms. The molecule has 0 bridgehead atoms. The Kier molecular flexibility index (Phi) is 10.8. The van der Waals surface area contributed by atoms with E-state index < -0.39 is 28.5 Å². The molecule has 0 aliphatic heterocycles. The summed E-state index contributed by atoms with van der Waals surface area (Å²) in [7, 11) is -4.24. The molecule has 1 atom stereocenters. The monoisotopic (exact) mass is 649 g/mol. The van der Waals surface area contributed by atoms with E-state index in [1.54, 1.807) is 36.4 Å². The topological polar surface area (TPSA) is 86.8 Å². The molecule has 1 aliphatic carbocycles. The molecular formula is C31H34Cl3N3O4S. The van der Waals surface area contributed by atoms with Crippen molar-refractivity contribution in [2.75, 3.05) is 10.8 Å². The first kappa shape index (κ1) is 32.1. The van der Waals surface area contributed by atoms with E-state index in [0.29, 0.717) is 17.0 Å². The predicted octanol–water partition coefficient (Wildman–Crippen LogP) is 7.02. The Balaban J connectivity index is 1.75. The average Bonchev–Trinajstić information content (AvgIpc) is 3.45. The Morgan fingerprint density at radius 2 is 1.57 bits per heavy atom. The summed E-state index contributed by atoms with van der Waals surface area (Å²) in [6.07, 6.45) is 4.18. The first-order valence-corrected chi connectivity index (χ1v) is 16.5. The Hall–Kier alpha value is -2.78. The first-order chi connectivity index (χ1) is 20.0. The molecule has 0 spiro atoms. The van der Waals surface area contributed by atoms with Gasteiger partial charge >= 0.3 is 0 Å². The van der Waals surface area contributed by atoms with Crippen molar-refractivity contribution in [2.45, 2.75) is 69.5 Å². The van der Waals surface area contributed by atoms with Crippen LogP contribution in [-0.2, 0) is 26.2 Å². The minimum Gasteiger partial charge on any atom is -0.352 e. The number of carbonyl (C=O) groups excluding carboxylic acids is 2. The molecule has 1 N–H and O–H groups in total. The standard InChI is InChI=1S/C31H34Cl3N3O4S/c1-3-29(31(39)35-25-9-5-6-10-25)36(19-22-8-4-7-11-28(22)34)30(38)20-37(26-17-23(32)16-24(33)18-26)42(40,41)27-14-12-21(2)13-15-27/h4,7-8,11-18,25,29H,3,5-6,9-10,19-20H2,1-2H3,(H,35,39)/t29-/m0/s1. The van der Waals surface area contributed by atoms with Gasteiger partial charge in [-0.05, 0) is 68.1 Å². The van der Waals surface area contributed by atoms with Crippen LogP contribution in [0.15, 0.2) is 71.6 Å². The first-order valence-electron chi connectivity index (χ1n) is 13.9. The second-order valence-corrected chi connectivity index (χ2v) is 13.6. The molecule has 4 rings (SSSR count). The highest BCUT2D eigenvalue weighted by atomic mass is 35.5. The summed E-state index contributed by atoms with van der Waals surface area (Å²) >= 11 is 19.0. The fraction of sp³-hybridized carbons (Fsp3) is 0.355. The molecule has 7 nitrogen and oxygen atoms in total. The normalized spacial score (nSPS) is 14.4. The van der Waals surface area contributed by atoms with E-state index in [9.17, 15) is 18.0 Å². The average molecular weight is 651 g/mol. The molecule has 2 amide bonds. The zero-order chi connectivity index (χ0) is 30.4. The van der Waals surface area contributed by atoms with Crippen LogP contribution in [0.4, 0.5) is 5.69 Å². The molecule has 1 fully saturated rings. The summed E-state index contributed by atoms with van der Waals surface area (Å²) in [6.45, 7) is 3.10. The highest BCUT2D eigenvalue weighted by molar-refractivity contribution is 7.92. The number of halogens is 3. The maximum atomic E-state index is 14.2. The molecule has 11 heteroatoms. The predicted molar refractivity (Wildman–Crippen MR) is 169 cm³/mol. The van der Waals surface area contributed by atoms with Crippen molar-refractivity contribution in [2.24, 2.45) is 0 Å². The van der Waals surface area contributed by atoms with Crippen molar-refractivity contribution in [3.63, 3.8) is 0 Å². The summed E-state index contributed by atoms with van der Waals surface area (Å²) in [4.78, 5) is 29.2. The highest BCUT2D eigenvalue weighted by Crippen LogP contribution is 2.31. The van der Waals surface area contributed by atoms with Gasteiger partial charge in [0, 0.05) is 27.7 Å². The zero-order valence-electron chi connectivity index (χ0n) is 23.5. The number of carbonyl (C=O) groups is 2. The number of rotatable bonds is 11. The third kappa shape index (κ3) is 7.78. The van der Waals surface area contributed by atoms with E-state index in [1.807, 2.05) is 13.8 Å². The number of hydrogen-bond donors (Lipinski definition) is 1. The number of amides is 2. The Morgan fingerprint density at radius 1 is 0.952 bits per heavy atom. The van der Waals surface area contributed by atoms with E-state index in [4.69, 9.17) is 34.8 Å².